The van der Waals surface area contributed by atoms with Crippen LogP contribution < -0.4 is 10.6 Å². The van der Waals surface area contributed by atoms with Crippen LogP contribution in [0.15, 0.2) is 34.5 Å². The first-order chi connectivity index (χ1) is 5.47. The molecule has 54 valence electrons. The number of hydrogen-bond acceptors (Lipinski definition) is 3. The molecule has 0 saturated heterocycles. The Kier molecular flexibility index (Phi) is 1.73. The van der Waals surface area contributed by atoms with E-state index in [0.29, 0.717) is 0 Å². The third-order valence-corrected chi connectivity index (χ3v) is 2.01. The van der Waals surface area contributed by atoms with Gasteiger partial charge in [0, 0.05) is 5.22 Å². The van der Waals surface area contributed by atoms with Gasteiger partial charge >= 0.3 is 0 Å². The fourth-order valence-electron chi connectivity index (χ4n) is 0.895. The molecule has 1 aromatic carbocycles. The van der Waals surface area contributed by atoms with E-state index >= 15 is 0 Å². The van der Waals surface area contributed by atoms with Gasteiger partial charge in [-0.15, -0.1) is 5.10 Å². The molecule has 0 amide bonds. The van der Waals surface area contributed by atoms with E-state index < -0.39 is 0 Å². The van der Waals surface area contributed by atoms with Crippen molar-refractivity contribution >= 4 is 22.7 Å². The van der Waals surface area contributed by atoms with Crippen LogP contribution in [0.25, 0.3) is 5.41 Å². The lowest BCUT2D eigenvalue weighted by Gasteiger charge is -1.82. The van der Waals surface area contributed by atoms with Crippen molar-refractivity contribution in [2.45, 2.75) is 0 Å². The van der Waals surface area contributed by atoms with Crippen molar-refractivity contribution in [1.29, 1.82) is 0 Å². The van der Waals surface area contributed by atoms with Gasteiger partial charge in [0.25, 0.3) is 0 Å². The molecule has 0 bridgehead atoms. The summed E-state index contributed by atoms with van der Waals surface area (Å²) in [6.07, 6.45) is 0. The second-order valence-electron chi connectivity index (χ2n) is 2.13. The van der Waals surface area contributed by atoms with Crippen molar-refractivity contribution in [1.82, 2.24) is 0 Å². The predicted molar refractivity (Wildman–Crippen MR) is 47.8 cm³/mol. The van der Waals surface area contributed by atoms with Crippen LogP contribution in [-0.2, 0) is 0 Å². The molecule has 0 N–H and O–H groups in total. The Morgan fingerprint density at radius 1 is 1.18 bits per heavy atom. The van der Waals surface area contributed by atoms with Crippen LogP contribution in [0.4, 0.5) is 0 Å². The van der Waals surface area contributed by atoms with Crippen molar-refractivity contribution in [2.75, 3.05) is 0 Å². The summed E-state index contributed by atoms with van der Waals surface area (Å²) in [7, 11) is 0. The van der Waals surface area contributed by atoms with Gasteiger partial charge < -0.3 is 0 Å². The molecule has 0 radical (unpaired) electrons. The zero-order chi connectivity index (χ0) is 7.52. The molecule has 0 fully saturated rings. The van der Waals surface area contributed by atoms with Crippen molar-refractivity contribution in [3.05, 3.63) is 34.8 Å². The minimum Gasteiger partial charge on any atom is -0.151 e. The van der Waals surface area contributed by atoms with Gasteiger partial charge in [0.1, 0.15) is 0 Å². The maximum Gasteiger partial charge on any atom is 0.0934 e. The SMILES string of the molecule is C1=NN=c2ccccc2=CS1. The summed E-state index contributed by atoms with van der Waals surface area (Å²) in [6.45, 7) is 0. The molecule has 2 rings (SSSR count). The van der Waals surface area contributed by atoms with E-state index in [4.69, 9.17) is 0 Å². The highest BCUT2D eigenvalue weighted by Gasteiger charge is 1.87. The largest absolute Gasteiger partial charge is 0.151 e. The number of rotatable bonds is 0. The van der Waals surface area contributed by atoms with Gasteiger partial charge in [-0.2, -0.15) is 5.10 Å². The molecule has 1 aliphatic heterocycles. The molecular formula is C8H6N2S. The van der Waals surface area contributed by atoms with E-state index in [9.17, 15) is 0 Å². The molecule has 1 aliphatic rings. The maximum absolute atomic E-state index is 4.00. The second kappa shape index (κ2) is 2.88. The van der Waals surface area contributed by atoms with Crippen LogP contribution in [0.5, 0.6) is 0 Å². The Hall–Kier alpha value is -1.09. The normalized spacial score (nSPS) is 14.2. The zero-order valence-electron chi connectivity index (χ0n) is 5.77. The number of fused-ring (bicyclic) bond motifs is 1. The van der Waals surface area contributed by atoms with Crippen LogP contribution in [-0.4, -0.2) is 5.55 Å². The van der Waals surface area contributed by atoms with Crippen molar-refractivity contribution in [3.8, 4) is 0 Å². The van der Waals surface area contributed by atoms with Gasteiger partial charge in [-0.05, 0) is 11.5 Å². The van der Waals surface area contributed by atoms with Crippen LogP contribution in [0, 0.1) is 0 Å². The number of benzene rings is 1. The molecule has 0 aromatic heterocycles. The van der Waals surface area contributed by atoms with E-state index in [-0.39, 0.29) is 0 Å². The molecule has 1 aromatic rings. The summed E-state index contributed by atoms with van der Waals surface area (Å²) in [5.41, 5.74) is 1.72. The van der Waals surface area contributed by atoms with Crippen LogP contribution in [0.2, 0.25) is 0 Å². The highest BCUT2D eigenvalue weighted by Crippen LogP contribution is 1.96. The Morgan fingerprint density at radius 3 is 3.09 bits per heavy atom. The topological polar surface area (TPSA) is 24.7 Å². The zero-order valence-corrected chi connectivity index (χ0v) is 6.58. The Bertz CT molecular complexity index is 395. The summed E-state index contributed by atoms with van der Waals surface area (Å²) >= 11 is 1.55. The van der Waals surface area contributed by atoms with E-state index in [1.54, 1.807) is 17.3 Å². The quantitative estimate of drug-likeness (QED) is 0.552. The van der Waals surface area contributed by atoms with Crippen molar-refractivity contribution in [3.63, 3.8) is 0 Å². The molecular weight excluding hydrogens is 156 g/mol. The van der Waals surface area contributed by atoms with E-state index in [2.05, 4.69) is 10.2 Å². The first-order valence-electron chi connectivity index (χ1n) is 3.27. The summed E-state index contributed by atoms with van der Waals surface area (Å²) in [4.78, 5) is 0. The summed E-state index contributed by atoms with van der Waals surface area (Å²) in [5.74, 6) is 0. The molecule has 0 aliphatic carbocycles. The number of nitrogens with zero attached hydrogens (tertiary/aromatic N) is 2. The van der Waals surface area contributed by atoms with Gasteiger partial charge in [0.2, 0.25) is 0 Å². The maximum atomic E-state index is 4.00. The lowest BCUT2D eigenvalue weighted by atomic mass is 10.3. The van der Waals surface area contributed by atoms with Gasteiger partial charge in [0.15, 0.2) is 0 Å². The fourth-order valence-corrected chi connectivity index (χ4v) is 1.40. The van der Waals surface area contributed by atoms with E-state index in [1.165, 1.54) is 0 Å². The number of thioether (sulfide) groups is 1. The summed E-state index contributed by atoms with van der Waals surface area (Å²) in [6, 6.07) is 7.94. The average Bonchev–Trinajstić information content (AvgIpc) is 2.28. The van der Waals surface area contributed by atoms with Gasteiger partial charge in [-0.1, -0.05) is 30.0 Å². The average molecular weight is 162 g/mol. The summed E-state index contributed by atoms with van der Waals surface area (Å²) < 4.78 is 0. The van der Waals surface area contributed by atoms with Gasteiger partial charge in [0.05, 0.1) is 10.9 Å². The molecule has 0 unspecified atom stereocenters. The first kappa shape index (κ1) is 6.61. The minimum absolute atomic E-state index is 0.939. The van der Waals surface area contributed by atoms with E-state index in [0.717, 1.165) is 10.6 Å². The molecule has 2 nitrogen and oxygen atoms in total. The Labute approximate surface area is 68.3 Å². The molecule has 0 saturated carbocycles. The van der Waals surface area contributed by atoms with Crippen LogP contribution in [0.3, 0.4) is 0 Å². The monoisotopic (exact) mass is 162 g/mol. The van der Waals surface area contributed by atoms with Crippen molar-refractivity contribution in [2.24, 2.45) is 10.2 Å². The lowest BCUT2D eigenvalue weighted by Crippen LogP contribution is -2.22. The Balaban J connectivity index is 2.81. The minimum atomic E-state index is 0.939. The highest BCUT2D eigenvalue weighted by atomic mass is 32.2. The Morgan fingerprint density at radius 2 is 2.09 bits per heavy atom. The second-order valence-corrected chi connectivity index (χ2v) is 2.85. The van der Waals surface area contributed by atoms with Crippen molar-refractivity contribution < 1.29 is 0 Å². The third kappa shape index (κ3) is 1.33. The van der Waals surface area contributed by atoms with Gasteiger partial charge in [-0.3, -0.25) is 0 Å². The fraction of sp³-hybridized carbons (Fsp3) is 0. The highest BCUT2D eigenvalue weighted by molar-refractivity contribution is 8.18. The van der Waals surface area contributed by atoms with Crippen LogP contribution in [0.1, 0.15) is 0 Å². The smallest absolute Gasteiger partial charge is 0.0934 e. The standard InChI is InChI=1S/C8H6N2S/c1-2-4-8-7(3-1)5-11-6-9-10-8/h1-6H. The molecule has 0 atom stereocenters. The molecule has 1 heterocycles. The molecule has 3 heteroatoms. The van der Waals surface area contributed by atoms with Crippen LogP contribution >= 0.6 is 11.8 Å². The molecule has 0 spiro atoms. The summed E-state index contributed by atoms with van der Waals surface area (Å²) in [5, 5.41) is 12.0. The third-order valence-electron chi connectivity index (χ3n) is 1.41. The van der Waals surface area contributed by atoms with E-state index in [1.807, 2.05) is 29.7 Å². The predicted octanol–water partition coefficient (Wildman–Crippen LogP) is 0.734. The van der Waals surface area contributed by atoms with Gasteiger partial charge in [-0.25, -0.2) is 0 Å². The first-order valence-corrected chi connectivity index (χ1v) is 4.21. The number of hydrogen-bond donors (Lipinski definition) is 0. The lowest BCUT2D eigenvalue weighted by molar-refractivity contribution is 1.14. The molecule has 11 heavy (non-hydrogen) atoms.